The molecule has 3 aromatic rings. The molecule has 1 fully saturated rings. The van der Waals surface area contributed by atoms with Gasteiger partial charge in [0.1, 0.15) is 11.4 Å². The van der Waals surface area contributed by atoms with Gasteiger partial charge in [-0.3, -0.25) is 4.98 Å². The quantitative estimate of drug-likeness (QED) is 0.454. The SMILES string of the molecule is COC(=O)c1c(C)n(C2CC2)c2ccc(OC(=O)c3ccc(C(F)(F)F)nc3)cc12. The van der Waals surface area contributed by atoms with Crippen molar-refractivity contribution in [2.75, 3.05) is 7.11 Å². The Morgan fingerprint density at radius 3 is 2.43 bits per heavy atom. The van der Waals surface area contributed by atoms with E-state index in [0.717, 1.165) is 36.3 Å². The molecule has 9 heteroatoms. The van der Waals surface area contributed by atoms with Gasteiger partial charge in [0.15, 0.2) is 0 Å². The van der Waals surface area contributed by atoms with Crippen LogP contribution in [0.25, 0.3) is 10.9 Å². The van der Waals surface area contributed by atoms with Crippen LogP contribution in [0.5, 0.6) is 5.75 Å². The Kier molecular flexibility index (Phi) is 4.76. The number of carbonyl (C=O) groups is 2. The number of benzene rings is 1. The third-order valence-electron chi connectivity index (χ3n) is 5.02. The number of hydrogen-bond donors (Lipinski definition) is 0. The first-order valence-corrected chi connectivity index (χ1v) is 9.19. The number of nitrogens with zero attached hydrogens (tertiary/aromatic N) is 2. The van der Waals surface area contributed by atoms with E-state index in [1.807, 2.05) is 6.92 Å². The lowest BCUT2D eigenvalue weighted by molar-refractivity contribution is -0.141. The molecule has 0 spiro atoms. The van der Waals surface area contributed by atoms with Gasteiger partial charge in [-0.1, -0.05) is 0 Å². The summed E-state index contributed by atoms with van der Waals surface area (Å²) in [5.74, 6) is -1.19. The number of aromatic nitrogens is 2. The molecule has 0 amide bonds. The Morgan fingerprint density at radius 1 is 1.13 bits per heavy atom. The summed E-state index contributed by atoms with van der Waals surface area (Å²) in [4.78, 5) is 27.9. The molecule has 0 atom stereocenters. The summed E-state index contributed by atoms with van der Waals surface area (Å²) in [6.07, 6.45) is -1.74. The summed E-state index contributed by atoms with van der Waals surface area (Å²) < 4.78 is 50.2. The van der Waals surface area contributed by atoms with Gasteiger partial charge in [0.2, 0.25) is 0 Å². The molecule has 2 heterocycles. The summed E-state index contributed by atoms with van der Waals surface area (Å²) in [6.45, 7) is 1.84. The van der Waals surface area contributed by atoms with Crippen molar-refractivity contribution >= 4 is 22.8 Å². The van der Waals surface area contributed by atoms with E-state index in [2.05, 4.69) is 9.55 Å². The molecule has 0 radical (unpaired) electrons. The molecule has 6 nitrogen and oxygen atoms in total. The molecule has 156 valence electrons. The molecular formula is C21H17F3N2O4. The highest BCUT2D eigenvalue weighted by molar-refractivity contribution is 6.06. The van der Waals surface area contributed by atoms with Crippen molar-refractivity contribution in [3.8, 4) is 5.75 Å². The highest BCUT2D eigenvalue weighted by Crippen LogP contribution is 2.42. The Labute approximate surface area is 169 Å². The average molecular weight is 418 g/mol. The van der Waals surface area contributed by atoms with Crippen LogP contribution in [-0.2, 0) is 10.9 Å². The maximum Gasteiger partial charge on any atom is 0.433 e. The average Bonchev–Trinajstić information content (AvgIpc) is 3.50. The number of hydrogen-bond acceptors (Lipinski definition) is 5. The van der Waals surface area contributed by atoms with Crippen LogP contribution in [0.2, 0.25) is 0 Å². The smallest absolute Gasteiger partial charge is 0.433 e. The van der Waals surface area contributed by atoms with Gasteiger partial charge >= 0.3 is 18.1 Å². The zero-order chi connectivity index (χ0) is 21.6. The molecule has 0 saturated heterocycles. The van der Waals surface area contributed by atoms with Gasteiger partial charge < -0.3 is 14.0 Å². The van der Waals surface area contributed by atoms with E-state index in [1.54, 1.807) is 18.2 Å². The maximum absolute atomic E-state index is 12.6. The third kappa shape index (κ3) is 3.51. The van der Waals surface area contributed by atoms with Crippen molar-refractivity contribution in [3.05, 3.63) is 59.0 Å². The highest BCUT2D eigenvalue weighted by atomic mass is 19.4. The number of fused-ring (bicyclic) bond motifs is 1. The number of carbonyl (C=O) groups excluding carboxylic acids is 2. The number of esters is 2. The van der Waals surface area contributed by atoms with Gasteiger partial charge in [-0.15, -0.1) is 0 Å². The lowest BCUT2D eigenvalue weighted by Gasteiger charge is -2.08. The molecular weight excluding hydrogens is 401 g/mol. The van der Waals surface area contributed by atoms with Crippen molar-refractivity contribution in [1.82, 2.24) is 9.55 Å². The summed E-state index contributed by atoms with van der Waals surface area (Å²) in [6, 6.07) is 6.93. The predicted molar refractivity (Wildman–Crippen MR) is 100 cm³/mol. The van der Waals surface area contributed by atoms with Crippen LogP contribution >= 0.6 is 0 Å². The minimum Gasteiger partial charge on any atom is -0.465 e. The van der Waals surface area contributed by atoms with E-state index < -0.39 is 23.8 Å². The summed E-state index contributed by atoms with van der Waals surface area (Å²) in [5, 5.41) is 0.585. The van der Waals surface area contributed by atoms with Crippen LogP contribution in [0.3, 0.4) is 0 Å². The Hall–Kier alpha value is -3.36. The monoisotopic (exact) mass is 418 g/mol. The molecule has 0 bridgehead atoms. The van der Waals surface area contributed by atoms with Gasteiger partial charge in [0.05, 0.1) is 18.2 Å². The highest BCUT2D eigenvalue weighted by Gasteiger charge is 2.33. The first kappa shape index (κ1) is 19.9. The second-order valence-corrected chi connectivity index (χ2v) is 7.05. The molecule has 0 unspecified atom stereocenters. The lowest BCUT2D eigenvalue weighted by Crippen LogP contribution is -2.12. The lowest BCUT2D eigenvalue weighted by atomic mass is 10.1. The van der Waals surface area contributed by atoms with Gasteiger partial charge in [0, 0.05) is 28.8 Å². The second-order valence-electron chi connectivity index (χ2n) is 7.05. The zero-order valence-corrected chi connectivity index (χ0v) is 16.1. The molecule has 1 aliphatic carbocycles. The molecule has 1 saturated carbocycles. The van der Waals surface area contributed by atoms with Crippen LogP contribution < -0.4 is 4.74 Å². The van der Waals surface area contributed by atoms with E-state index >= 15 is 0 Å². The van der Waals surface area contributed by atoms with E-state index in [-0.39, 0.29) is 11.3 Å². The molecule has 2 aromatic heterocycles. The molecule has 1 aliphatic rings. The summed E-state index contributed by atoms with van der Waals surface area (Å²) in [5.41, 5.74) is 0.776. The number of alkyl halides is 3. The topological polar surface area (TPSA) is 70.4 Å². The fourth-order valence-electron chi connectivity index (χ4n) is 3.50. The standard InChI is InChI=1S/C21H17F3N2O4/c1-11-18(20(28)29-2)15-9-14(6-7-16(15)26(11)13-4-5-13)30-19(27)12-3-8-17(25-10-12)21(22,23)24/h3,6-10,13H,4-5H2,1-2H3. The van der Waals surface area contributed by atoms with Gasteiger partial charge in [0.25, 0.3) is 0 Å². The maximum atomic E-state index is 12.6. The number of ether oxygens (including phenoxy) is 2. The third-order valence-corrected chi connectivity index (χ3v) is 5.02. The number of pyridine rings is 1. The summed E-state index contributed by atoms with van der Waals surface area (Å²) in [7, 11) is 1.30. The van der Waals surface area contributed by atoms with E-state index in [4.69, 9.17) is 9.47 Å². The number of rotatable bonds is 4. The minimum atomic E-state index is -4.59. The first-order valence-electron chi connectivity index (χ1n) is 9.19. The minimum absolute atomic E-state index is 0.122. The zero-order valence-electron chi connectivity index (χ0n) is 16.1. The van der Waals surface area contributed by atoms with Crippen molar-refractivity contribution in [3.63, 3.8) is 0 Å². The molecule has 30 heavy (non-hydrogen) atoms. The van der Waals surface area contributed by atoms with Crippen molar-refractivity contribution in [1.29, 1.82) is 0 Å². The number of halogens is 3. The fourth-order valence-corrected chi connectivity index (χ4v) is 3.50. The Balaban J connectivity index is 1.66. The van der Waals surface area contributed by atoms with Crippen molar-refractivity contribution in [2.45, 2.75) is 32.0 Å². The van der Waals surface area contributed by atoms with Crippen molar-refractivity contribution in [2.24, 2.45) is 0 Å². The van der Waals surface area contributed by atoms with Gasteiger partial charge in [-0.05, 0) is 50.1 Å². The Bertz CT molecular complexity index is 1150. The van der Waals surface area contributed by atoms with Crippen LogP contribution in [0.1, 0.15) is 51.0 Å². The Morgan fingerprint density at radius 2 is 1.87 bits per heavy atom. The predicted octanol–water partition coefficient (Wildman–Crippen LogP) is 4.70. The van der Waals surface area contributed by atoms with Crippen molar-refractivity contribution < 1.29 is 32.2 Å². The molecule has 0 aliphatic heterocycles. The fraction of sp³-hybridized carbons (Fsp3) is 0.286. The van der Waals surface area contributed by atoms with Crippen LogP contribution in [0, 0.1) is 6.92 Å². The normalized spacial score (nSPS) is 14.0. The molecule has 0 N–H and O–H groups in total. The first-order chi connectivity index (χ1) is 14.2. The van der Waals surface area contributed by atoms with Crippen LogP contribution in [-0.4, -0.2) is 28.6 Å². The number of methoxy groups -OCH3 is 1. The van der Waals surface area contributed by atoms with E-state index in [1.165, 1.54) is 7.11 Å². The second kappa shape index (κ2) is 7.16. The molecule has 1 aromatic carbocycles. The largest absolute Gasteiger partial charge is 0.465 e. The van der Waals surface area contributed by atoms with E-state index in [9.17, 15) is 22.8 Å². The van der Waals surface area contributed by atoms with E-state index in [0.29, 0.717) is 23.1 Å². The van der Waals surface area contributed by atoms with Crippen LogP contribution in [0.15, 0.2) is 36.5 Å². The van der Waals surface area contributed by atoms with Gasteiger partial charge in [-0.2, -0.15) is 13.2 Å². The molecule has 4 rings (SSSR count). The van der Waals surface area contributed by atoms with Crippen LogP contribution in [0.4, 0.5) is 13.2 Å². The van der Waals surface area contributed by atoms with Gasteiger partial charge in [-0.25, -0.2) is 9.59 Å². The summed E-state index contributed by atoms with van der Waals surface area (Å²) >= 11 is 0.